The van der Waals surface area contributed by atoms with Gasteiger partial charge in [-0.25, -0.2) is 4.68 Å². The van der Waals surface area contributed by atoms with E-state index in [0.717, 1.165) is 16.0 Å². The highest BCUT2D eigenvalue weighted by Crippen LogP contribution is 2.28. The molecule has 0 atom stereocenters. The predicted molar refractivity (Wildman–Crippen MR) is 108 cm³/mol. The molecule has 0 fully saturated rings. The van der Waals surface area contributed by atoms with Crippen LogP contribution in [0.25, 0.3) is 21.3 Å². The molecule has 8 heteroatoms. The van der Waals surface area contributed by atoms with E-state index in [2.05, 4.69) is 5.10 Å². The third-order valence-electron chi connectivity index (χ3n) is 4.22. The molecule has 4 aromatic rings. The molecule has 140 valence electrons. The van der Waals surface area contributed by atoms with E-state index >= 15 is 0 Å². The van der Waals surface area contributed by atoms with Crippen LogP contribution in [0.4, 0.5) is 5.69 Å². The van der Waals surface area contributed by atoms with Gasteiger partial charge in [0.2, 0.25) is 0 Å². The smallest absolute Gasteiger partial charge is 0.274 e. The molecule has 28 heavy (non-hydrogen) atoms. The second-order valence-electron chi connectivity index (χ2n) is 6.00. The minimum Gasteiger partial charge on any atom is -0.491 e. The van der Waals surface area contributed by atoms with E-state index in [9.17, 15) is 14.9 Å². The molecule has 0 saturated heterocycles. The fraction of sp³-hybridized carbons (Fsp3) is 0.100. The average molecular weight is 393 g/mol. The summed E-state index contributed by atoms with van der Waals surface area (Å²) in [7, 11) is 0. The zero-order valence-electron chi connectivity index (χ0n) is 14.6. The number of benzene rings is 2. The molecule has 0 radical (unpaired) electrons. The van der Waals surface area contributed by atoms with E-state index in [1.807, 2.05) is 35.7 Å². The number of nitro benzene ring substituents is 1. The lowest BCUT2D eigenvalue weighted by molar-refractivity contribution is -0.384. The van der Waals surface area contributed by atoms with Crippen LogP contribution in [0.3, 0.4) is 0 Å². The van der Waals surface area contributed by atoms with Crippen LogP contribution in [-0.4, -0.2) is 21.3 Å². The second-order valence-corrected chi connectivity index (χ2v) is 6.95. The minimum absolute atomic E-state index is 0.0431. The first-order chi connectivity index (χ1) is 13.6. The lowest BCUT2D eigenvalue weighted by atomic mass is 10.1. The summed E-state index contributed by atoms with van der Waals surface area (Å²) in [5.41, 5.74) is 0.512. The van der Waals surface area contributed by atoms with Crippen molar-refractivity contribution in [2.24, 2.45) is 0 Å². The molecule has 7 nitrogen and oxygen atoms in total. The maximum atomic E-state index is 12.8. The van der Waals surface area contributed by atoms with E-state index in [-0.39, 0.29) is 24.4 Å². The molecule has 2 aromatic heterocycles. The number of ether oxygens (including phenoxy) is 1. The van der Waals surface area contributed by atoms with Gasteiger partial charge in [0.05, 0.1) is 27.8 Å². The molecular weight excluding hydrogens is 378 g/mol. The highest BCUT2D eigenvalue weighted by Gasteiger charge is 2.13. The van der Waals surface area contributed by atoms with E-state index in [1.165, 1.54) is 16.8 Å². The molecule has 2 heterocycles. The zero-order chi connectivity index (χ0) is 19.5. The average Bonchev–Trinajstić information content (AvgIpc) is 3.25. The lowest BCUT2D eigenvalue weighted by Crippen LogP contribution is -2.26. The Balaban J connectivity index is 1.62. The fourth-order valence-electron chi connectivity index (χ4n) is 2.92. The molecule has 0 amide bonds. The van der Waals surface area contributed by atoms with Gasteiger partial charge in [-0.05, 0) is 23.6 Å². The van der Waals surface area contributed by atoms with Crippen molar-refractivity contribution in [2.45, 2.75) is 6.54 Å². The Bertz CT molecular complexity index is 1200. The maximum Gasteiger partial charge on any atom is 0.274 e. The Morgan fingerprint density at radius 2 is 1.89 bits per heavy atom. The van der Waals surface area contributed by atoms with Gasteiger partial charge in [0.1, 0.15) is 18.1 Å². The lowest BCUT2D eigenvalue weighted by Gasteiger charge is -2.11. The van der Waals surface area contributed by atoms with Crippen LogP contribution in [0, 0.1) is 10.1 Å². The topological polar surface area (TPSA) is 87.3 Å². The van der Waals surface area contributed by atoms with Crippen molar-refractivity contribution in [2.75, 3.05) is 6.61 Å². The van der Waals surface area contributed by atoms with E-state index in [1.54, 1.807) is 29.5 Å². The molecule has 0 saturated carbocycles. The third-order valence-corrected chi connectivity index (χ3v) is 5.10. The van der Waals surface area contributed by atoms with Crippen molar-refractivity contribution >= 4 is 27.8 Å². The normalized spacial score (nSPS) is 10.9. The summed E-state index contributed by atoms with van der Waals surface area (Å²) in [6, 6.07) is 17.2. The minimum atomic E-state index is -0.477. The maximum absolute atomic E-state index is 12.8. The molecule has 4 rings (SSSR count). The van der Waals surface area contributed by atoms with Crippen molar-refractivity contribution in [1.29, 1.82) is 0 Å². The highest BCUT2D eigenvalue weighted by molar-refractivity contribution is 7.13. The second kappa shape index (κ2) is 7.61. The van der Waals surface area contributed by atoms with E-state index < -0.39 is 4.92 Å². The third kappa shape index (κ3) is 3.49. The van der Waals surface area contributed by atoms with Crippen LogP contribution in [0.5, 0.6) is 5.75 Å². The van der Waals surface area contributed by atoms with Crippen LogP contribution in [-0.2, 0) is 6.54 Å². The Kier molecular flexibility index (Phi) is 4.86. The number of hydrogen-bond acceptors (Lipinski definition) is 6. The summed E-state index contributed by atoms with van der Waals surface area (Å²) in [4.78, 5) is 24.2. The van der Waals surface area contributed by atoms with Crippen molar-refractivity contribution in [1.82, 2.24) is 9.78 Å². The van der Waals surface area contributed by atoms with Gasteiger partial charge < -0.3 is 4.74 Å². The van der Waals surface area contributed by atoms with Gasteiger partial charge in [0.25, 0.3) is 11.2 Å². The van der Waals surface area contributed by atoms with E-state index in [4.69, 9.17) is 4.74 Å². The molecule has 0 aliphatic rings. The van der Waals surface area contributed by atoms with Crippen LogP contribution in [0.2, 0.25) is 0 Å². The van der Waals surface area contributed by atoms with Gasteiger partial charge in [0.15, 0.2) is 0 Å². The van der Waals surface area contributed by atoms with Gasteiger partial charge in [-0.3, -0.25) is 14.9 Å². The van der Waals surface area contributed by atoms with Crippen molar-refractivity contribution in [3.63, 3.8) is 0 Å². The predicted octanol–water partition coefficient (Wildman–Crippen LogP) is 4.11. The van der Waals surface area contributed by atoms with Gasteiger partial charge >= 0.3 is 0 Å². The number of aromatic nitrogens is 2. The first-order valence-corrected chi connectivity index (χ1v) is 9.42. The Morgan fingerprint density at radius 1 is 1.07 bits per heavy atom. The monoisotopic (exact) mass is 393 g/mol. The van der Waals surface area contributed by atoms with Crippen molar-refractivity contribution in [3.8, 4) is 16.3 Å². The van der Waals surface area contributed by atoms with Crippen LogP contribution < -0.4 is 10.3 Å². The number of hydrogen-bond donors (Lipinski definition) is 0. The summed E-state index contributed by atoms with van der Waals surface area (Å²) < 4.78 is 6.98. The summed E-state index contributed by atoms with van der Waals surface area (Å²) in [6.45, 7) is 0.390. The largest absolute Gasteiger partial charge is 0.491 e. The van der Waals surface area contributed by atoms with E-state index in [0.29, 0.717) is 11.1 Å². The molecule has 0 unspecified atom stereocenters. The Hall–Kier alpha value is -3.52. The fourth-order valence-corrected chi connectivity index (χ4v) is 3.64. The SMILES string of the molecule is O=c1c2ccccc2c(-c2cccs2)nn1CCOc1cccc([N+](=O)[O-])c1. The Labute approximate surface area is 163 Å². The van der Waals surface area contributed by atoms with Crippen molar-refractivity contribution in [3.05, 3.63) is 86.5 Å². The molecule has 0 aliphatic carbocycles. The quantitative estimate of drug-likeness (QED) is 0.363. The van der Waals surface area contributed by atoms with Gasteiger partial charge in [0, 0.05) is 11.5 Å². The van der Waals surface area contributed by atoms with Gasteiger partial charge in [-0.1, -0.05) is 30.3 Å². The molecule has 0 bridgehead atoms. The first-order valence-electron chi connectivity index (χ1n) is 8.54. The first kappa shape index (κ1) is 17.9. The number of nitrogens with zero attached hydrogens (tertiary/aromatic N) is 3. The summed E-state index contributed by atoms with van der Waals surface area (Å²) in [5, 5.41) is 18.8. The molecular formula is C20H15N3O4S. The number of thiophene rings is 1. The van der Waals surface area contributed by atoms with Crippen LogP contribution in [0.15, 0.2) is 70.8 Å². The molecule has 2 aromatic carbocycles. The summed E-state index contributed by atoms with van der Waals surface area (Å²) >= 11 is 1.56. The van der Waals surface area contributed by atoms with Gasteiger partial charge in [-0.15, -0.1) is 11.3 Å². The number of non-ortho nitro benzene ring substituents is 1. The molecule has 0 spiro atoms. The summed E-state index contributed by atoms with van der Waals surface area (Å²) in [5.74, 6) is 0.376. The van der Waals surface area contributed by atoms with Crippen molar-refractivity contribution < 1.29 is 9.66 Å². The molecule has 0 aliphatic heterocycles. The Morgan fingerprint density at radius 3 is 2.64 bits per heavy atom. The van der Waals surface area contributed by atoms with Crippen LogP contribution >= 0.6 is 11.3 Å². The number of rotatable bonds is 6. The molecule has 0 N–H and O–H groups in total. The standard InChI is InChI=1S/C20H15N3O4S/c24-20-17-8-2-1-7-16(17)19(18-9-4-12-28-18)21-22(20)10-11-27-15-6-3-5-14(13-15)23(25)26/h1-9,12-13H,10-11H2. The van der Waals surface area contributed by atoms with Gasteiger partial charge in [-0.2, -0.15) is 5.10 Å². The number of nitro groups is 1. The van der Waals surface area contributed by atoms with Crippen LogP contribution in [0.1, 0.15) is 0 Å². The zero-order valence-corrected chi connectivity index (χ0v) is 15.5. The number of fused-ring (bicyclic) bond motifs is 1. The highest BCUT2D eigenvalue weighted by atomic mass is 32.1. The summed E-state index contributed by atoms with van der Waals surface area (Å²) in [6.07, 6.45) is 0.